The summed E-state index contributed by atoms with van der Waals surface area (Å²) in [5.74, 6) is -1.56. The largest absolute Gasteiger partial charge is 0.417 e. The molecule has 2 aliphatic rings. The van der Waals surface area contributed by atoms with Crippen LogP contribution in [0, 0.1) is 0 Å². The number of piperazine rings is 1. The Morgan fingerprint density at radius 1 is 0.914 bits per heavy atom. The van der Waals surface area contributed by atoms with Crippen LogP contribution >= 0.6 is 0 Å². The summed E-state index contributed by atoms with van der Waals surface area (Å²) < 4.78 is 39.8. The summed E-state index contributed by atoms with van der Waals surface area (Å²) in [5, 5.41) is 4.09. The third kappa shape index (κ3) is 5.38. The highest BCUT2D eigenvalue weighted by atomic mass is 19.4. The number of alkyl halides is 3. The van der Waals surface area contributed by atoms with Crippen LogP contribution in [0.3, 0.4) is 0 Å². The molecule has 1 saturated heterocycles. The smallest absolute Gasteiger partial charge is 0.395 e. The number of hydrogen-bond acceptors (Lipinski definition) is 6. The van der Waals surface area contributed by atoms with Gasteiger partial charge in [0, 0.05) is 26.2 Å². The zero-order chi connectivity index (χ0) is 25.0. The van der Waals surface area contributed by atoms with Crippen LogP contribution in [0.1, 0.15) is 26.3 Å². The van der Waals surface area contributed by atoms with Gasteiger partial charge in [0.2, 0.25) is 5.91 Å². The Morgan fingerprint density at radius 3 is 2.20 bits per heavy atom. The molecule has 2 N–H and O–H groups in total. The summed E-state index contributed by atoms with van der Waals surface area (Å²) in [4.78, 5) is 45.7. The molecule has 0 saturated carbocycles. The van der Waals surface area contributed by atoms with Crippen molar-refractivity contribution in [1.82, 2.24) is 20.7 Å². The molecule has 2 aliphatic heterocycles. The first-order valence-electron chi connectivity index (χ1n) is 10.7. The number of halogens is 3. The van der Waals surface area contributed by atoms with Crippen molar-refractivity contribution in [1.29, 1.82) is 0 Å². The van der Waals surface area contributed by atoms with Gasteiger partial charge in [-0.15, -0.1) is 0 Å². The lowest BCUT2D eigenvalue weighted by Gasteiger charge is -2.35. The Bertz CT molecular complexity index is 1150. The maximum absolute atomic E-state index is 13.3. The number of benzene rings is 2. The molecule has 2 heterocycles. The van der Waals surface area contributed by atoms with E-state index >= 15 is 0 Å². The van der Waals surface area contributed by atoms with Gasteiger partial charge in [0.05, 0.1) is 35.1 Å². The number of amides is 3. The first-order valence-corrected chi connectivity index (χ1v) is 10.7. The maximum atomic E-state index is 13.3. The van der Waals surface area contributed by atoms with Gasteiger partial charge in [0.1, 0.15) is 6.26 Å². The van der Waals surface area contributed by atoms with E-state index in [4.69, 9.17) is 4.84 Å². The molecule has 12 heteroatoms. The van der Waals surface area contributed by atoms with Crippen molar-refractivity contribution in [3.8, 4) is 0 Å². The molecule has 0 aliphatic carbocycles. The Morgan fingerprint density at radius 2 is 1.54 bits per heavy atom. The fraction of sp³-hybridized carbons (Fsp3) is 0.261. The van der Waals surface area contributed by atoms with Gasteiger partial charge in [-0.25, -0.2) is 5.01 Å². The number of nitrogens with zero attached hydrogens (tertiary/aromatic N) is 3. The van der Waals surface area contributed by atoms with Crippen LogP contribution in [-0.2, 0) is 15.8 Å². The summed E-state index contributed by atoms with van der Waals surface area (Å²) in [7, 11) is 0. The average Bonchev–Trinajstić information content (AvgIpc) is 3.41. The number of nitrogens with one attached hydrogen (secondary N) is 2. The lowest BCUT2D eigenvalue weighted by Crippen LogP contribution is -2.52. The topological polar surface area (TPSA) is 94.2 Å². The van der Waals surface area contributed by atoms with E-state index < -0.39 is 29.1 Å². The lowest BCUT2D eigenvalue weighted by molar-refractivity contribution is -0.138. The second kappa shape index (κ2) is 10.1. The normalized spacial score (nSPS) is 15.7. The second-order valence-electron chi connectivity index (χ2n) is 7.78. The van der Waals surface area contributed by atoms with Gasteiger partial charge in [-0.1, -0.05) is 29.9 Å². The molecule has 0 unspecified atom stereocenters. The monoisotopic (exact) mass is 489 g/mol. The number of para-hydroxylation sites is 1. The molecule has 0 spiro atoms. The van der Waals surface area contributed by atoms with E-state index in [-0.39, 0.29) is 38.6 Å². The molecule has 3 amide bonds. The Kier molecular flexibility index (Phi) is 6.92. The average molecular weight is 489 g/mol. The molecule has 0 radical (unpaired) electrons. The summed E-state index contributed by atoms with van der Waals surface area (Å²) >= 11 is 0. The Labute approximate surface area is 198 Å². The van der Waals surface area contributed by atoms with Gasteiger partial charge in [0.25, 0.3) is 11.8 Å². The molecule has 184 valence electrons. The predicted octanol–water partition coefficient (Wildman–Crippen LogP) is 2.15. The van der Waals surface area contributed by atoms with Crippen LogP contribution in [0.5, 0.6) is 0 Å². The van der Waals surface area contributed by atoms with Crippen LogP contribution < -0.4 is 15.9 Å². The van der Waals surface area contributed by atoms with Crippen molar-refractivity contribution in [3.05, 3.63) is 77.7 Å². The van der Waals surface area contributed by atoms with Crippen molar-refractivity contribution >= 4 is 23.4 Å². The molecular formula is C23H22F3N5O4. The minimum atomic E-state index is -4.64. The zero-order valence-electron chi connectivity index (χ0n) is 18.4. The molecular weight excluding hydrogens is 467 g/mol. The van der Waals surface area contributed by atoms with Crippen LogP contribution in [0.15, 0.2) is 61.0 Å². The highest BCUT2D eigenvalue weighted by molar-refractivity contribution is 6.01. The molecule has 2 aromatic rings. The van der Waals surface area contributed by atoms with Crippen LogP contribution in [0.2, 0.25) is 0 Å². The van der Waals surface area contributed by atoms with Gasteiger partial charge < -0.3 is 20.0 Å². The number of hydrazine groups is 1. The van der Waals surface area contributed by atoms with Gasteiger partial charge >= 0.3 is 6.18 Å². The number of rotatable bonds is 5. The number of hydrogen-bond donors (Lipinski definition) is 2. The molecule has 0 atom stereocenters. The van der Waals surface area contributed by atoms with E-state index in [0.717, 1.165) is 12.1 Å². The van der Waals surface area contributed by atoms with Crippen molar-refractivity contribution < 1.29 is 32.4 Å². The fourth-order valence-corrected chi connectivity index (χ4v) is 3.82. The first kappa shape index (κ1) is 24.1. The van der Waals surface area contributed by atoms with E-state index in [2.05, 4.69) is 10.9 Å². The van der Waals surface area contributed by atoms with Crippen molar-refractivity contribution in [2.45, 2.75) is 6.18 Å². The summed E-state index contributed by atoms with van der Waals surface area (Å²) in [6.07, 6.45) is -1.65. The third-order valence-electron chi connectivity index (χ3n) is 5.62. The number of anilines is 1. The maximum Gasteiger partial charge on any atom is 0.417 e. The van der Waals surface area contributed by atoms with Gasteiger partial charge in [-0.2, -0.15) is 13.2 Å². The number of carbonyl (C=O) groups is 3. The molecule has 2 aromatic carbocycles. The van der Waals surface area contributed by atoms with Crippen LogP contribution in [0.4, 0.5) is 18.9 Å². The summed E-state index contributed by atoms with van der Waals surface area (Å²) in [6.45, 7) is 0.189. The van der Waals surface area contributed by atoms with E-state index in [1.165, 1.54) is 33.2 Å². The first-order chi connectivity index (χ1) is 16.8. The molecule has 9 nitrogen and oxygen atoms in total. The standard InChI is InChI=1S/C23H22F3N5O4/c24-23(25,26)18-7-3-1-5-16(18)22(34)30-11-9-29(10-12-30)20(32)15-27-21(33)17-6-2-4-8-19(17)31-13-14-35-28-31/h1-8,13-14,28H,9-12,15H2,(H,27,33). The Balaban J connectivity index is 1.32. The lowest BCUT2D eigenvalue weighted by atomic mass is 10.1. The number of carbonyl (C=O) groups excluding carboxylic acids is 3. The third-order valence-corrected chi connectivity index (χ3v) is 5.62. The van der Waals surface area contributed by atoms with Crippen molar-refractivity contribution in [3.63, 3.8) is 0 Å². The molecule has 0 aromatic heterocycles. The Hall–Kier alpha value is -4.06. The van der Waals surface area contributed by atoms with Gasteiger partial charge in [-0.05, 0) is 24.3 Å². The second-order valence-corrected chi connectivity index (χ2v) is 7.78. The van der Waals surface area contributed by atoms with Crippen molar-refractivity contribution in [2.75, 3.05) is 37.7 Å². The summed E-state index contributed by atoms with van der Waals surface area (Å²) in [5.41, 5.74) is 2.03. The molecule has 4 rings (SSSR count). The van der Waals surface area contributed by atoms with Crippen LogP contribution in [0.25, 0.3) is 0 Å². The highest BCUT2D eigenvalue weighted by Crippen LogP contribution is 2.32. The quantitative estimate of drug-likeness (QED) is 0.669. The predicted molar refractivity (Wildman–Crippen MR) is 119 cm³/mol. The zero-order valence-corrected chi connectivity index (χ0v) is 18.4. The molecule has 35 heavy (non-hydrogen) atoms. The SMILES string of the molecule is O=C(NCC(=O)N1CCN(C(=O)c2ccccc2C(F)(F)F)CC1)c1ccccc1N1C=CON1. The minimum absolute atomic E-state index is 0.0838. The molecule has 1 fully saturated rings. The van der Waals surface area contributed by atoms with Crippen LogP contribution in [-0.4, -0.2) is 60.2 Å². The van der Waals surface area contributed by atoms with Crippen molar-refractivity contribution in [2.24, 2.45) is 0 Å². The van der Waals surface area contributed by atoms with E-state index in [9.17, 15) is 27.6 Å². The fourth-order valence-electron chi connectivity index (χ4n) is 3.82. The van der Waals surface area contributed by atoms with Gasteiger partial charge in [-0.3, -0.25) is 14.4 Å². The van der Waals surface area contributed by atoms with E-state index in [0.29, 0.717) is 11.3 Å². The highest BCUT2D eigenvalue weighted by Gasteiger charge is 2.36. The van der Waals surface area contributed by atoms with Gasteiger partial charge in [0.15, 0.2) is 0 Å². The van der Waals surface area contributed by atoms with E-state index in [1.54, 1.807) is 30.5 Å². The molecule has 0 bridgehead atoms. The minimum Gasteiger partial charge on any atom is -0.395 e. The summed E-state index contributed by atoms with van der Waals surface area (Å²) in [6, 6.07) is 11.4. The van der Waals surface area contributed by atoms with E-state index in [1.807, 2.05) is 0 Å².